The first-order chi connectivity index (χ1) is 7.97. The predicted octanol–water partition coefficient (Wildman–Crippen LogP) is 2.46. The zero-order valence-corrected chi connectivity index (χ0v) is 8.64. The molecule has 2 N–H and O–H groups in total. The van der Waals surface area contributed by atoms with Crippen molar-refractivity contribution in [2.45, 2.75) is 6.18 Å². The summed E-state index contributed by atoms with van der Waals surface area (Å²) < 4.78 is 35.9. The largest absolute Gasteiger partial charge is 0.405 e. The lowest BCUT2D eigenvalue weighted by molar-refractivity contribution is -0.123. The Hall–Kier alpha value is -1.98. The van der Waals surface area contributed by atoms with E-state index in [1.54, 1.807) is 24.4 Å². The molecule has 2 rings (SSSR count). The summed E-state index contributed by atoms with van der Waals surface area (Å²) in [6, 6.07) is 6.62. The number of aromatic amines is 1. The highest BCUT2D eigenvalue weighted by Gasteiger charge is 2.28. The number of para-hydroxylation sites is 1. The van der Waals surface area contributed by atoms with Gasteiger partial charge in [0, 0.05) is 11.6 Å². The molecule has 1 amide bonds. The first-order valence-electron chi connectivity index (χ1n) is 4.88. The van der Waals surface area contributed by atoms with Crippen molar-refractivity contribution in [3.63, 3.8) is 0 Å². The quantitative estimate of drug-likeness (QED) is 0.834. The first kappa shape index (κ1) is 11.5. The van der Waals surface area contributed by atoms with Gasteiger partial charge in [-0.1, -0.05) is 12.1 Å². The fourth-order valence-electron chi connectivity index (χ4n) is 1.55. The fraction of sp³-hybridized carbons (Fsp3) is 0.182. The van der Waals surface area contributed by atoms with Crippen LogP contribution in [0.3, 0.4) is 0 Å². The topological polar surface area (TPSA) is 44.9 Å². The molecule has 1 aromatic heterocycles. The Morgan fingerprint density at radius 1 is 1.29 bits per heavy atom. The van der Waals surface area contributed by atoms with Crippen LogP contribution in [0.5, 0.6) is 0 Å². The van der Waals surface area contributed by atoms with Crippen LogP contribution >= 0.6 is 0 Å². The van der Waals surface area contributed by atoms with Crippen molar-refractivity contribution in [2.24, 2.45) is 0 Å². The lowest BCUT2D eigenvalue weighted by Gasteiger charge is -2.08. The summed E-state index contributed by atoms with van der Waals surface area (Å²) in [5.41, 5.74) is 0.740. The molecule has 0 unspecified atom stereocenters. The minimum Gasteiger partial charge on any atom is -0.361 e. The molecular weight excluding hydrogens is 233 g/mol. The second kappa shape index (κ2) is 4.12. The number of hydrogen-bond donors (Lipinski definition) is 2. The van der Waals surface area contributed by atoms with E-state index in [1.807, 2.05) is 5.32 Å². The van der Waals surface area contributed by atoms with Crippen LogP contribution < -0.4 is 5.32 Å². The lowest BCUT2D eigenvalue weighted by Crippen LogP contribution is -2.33. The van der Waals surface area contributed by atoms with E-state index in [4.69, 9.17) is 0 Å². The van der Waals surface area contributed by atoms with Crippen LogP contribution in [0.4, 0.5) is 13.2 Å². The zero-order valence-electron chi connectivity index (χ0n) is 8.64. The second-order valence-corrected chi connectivity index (χ2v) is 3.55. The maximum absolute atomic E-state index is 12.0. The molecule has 0 fully saturated rings. The predicted molar refractivity (Wildman–Crippen MR) is 56.7 cm³/mol. The summed E-state index contributed by atoms with van der Waals surface area (Å²) in [6.45, 7) is -1.33. The van der Waals surface area contributed by atoms with Crippen LogP contribution in [0.25, 0.3) is 10.9 Å². The summed E-state index contributed by atoms with van der Waals surface area (Å²) in [5, 5.41) is 2.62. The number of fused-ring (bicyclic) bond motifs is 1. The molecule has 3 nitrogen and oxygen atoms in total. The van der Waals surface area contributed by atoms with Crippen LogP contribution in [0.1, 0.15) is 10.4 Å². The molecule has 1 heterocycles. The van der Waals surface area contributed by atoms with Gasteiger partial charge >= 0.3 is 6.18 Å². The van der Waals surface area contributed by atoms with E-state index in [0.717, 1.165) is 5.39 Å². The number of rotatable bonds is 2. The standard InChI is InChI=1S/C11H9F3N2O/c12-11(13,14)6-16-10(17)8-3-1-2-7-4-5-15-9(7)8/h1-5,15H,6H2,(H,16,17). The van der Waals surface area contributed by atoms with Gasteiger partial charge in [0.1, 0.15) is 6.54 Å². The Kier molecular flexibility index (Phi) is 2.79. The van der Waals surface area contributed by atoms with E-state index in [9.17, 15) is 18.0 Å². The molecule has 1 aromatic carbocycles. The van der Waals surface area contributed by atoms with Gasteiger partial charge in [0.25, 0.3) is 5.91 Å². The fourth-order valence-corrected chi connectivity index (χ4v) is 1.55. The molecule has 0 radical (unpaired) electrons. The Morgan fingerprint density at radius 2 is 2.06 bits per heavy atom. The van der Waals surface area contributed by atoms with Crippen molar-refractivity contribution in [3.05, 3.63) is 36.0 Å². The minimum atomic E-state index is -4.40. The van der Waals surface area contributed by atoms with Gasteiger partial charge in [-0.05, 0) is 12.1 Å². The third-order valence-corrected chi connectivity index (χ3v) is 2.28. The van der Waals surface area contributed by atoms with Crippen molar-refractivity contribution in [1.82, 2.24) is 10.3 Å². The summed E-state index contributed by atoms with van der Waals surface area (Å²) in [6.07, 6.45) is -2.77. The Balaban J connectivity index is 2.22. The van der Waals surface area contributed by atoms with E-state index < -0.39 is 18.6 Å². The number of hydrogen-bond acceptors (Lipinski definition) is 1. The van der Waals surface area contributed by atoms with Crippen molar-refractivity contribution >= 4 is 16.8 Å². The molecule has 0 aliphatic rings. The first-order valence-corrected chi connectivity index (χ1v) is 4.88. The Morgan fingerprint density at radius 3 is 2.76 bits per heavy atom. The molecule has 0 saturated heterocycles. The highest BCUT2D eigenvalue weighted by molar-refractivity contribution is 6.05. The molecule has 0 bridgehead atoms. The van der Waals surface area contributed by atoms with Gasteiger partial charge in [0.05, 0.1) is 11.1 Å². The number of benzene rings is 1. The van der Waals surface area contributed by atoms with Gasteiger partial charge in [-0.3, -0.25) is 4.79 Å². The van der Waals surface area contributed by atoms with E-state index >= 15 is 0 Å². The summed E-state index contributed by atoms with van der Waals surface area (Å²) >= 11 is 0. The average molecular weight is 242 g/mol. The van der Waals surface area contributed by atoms with E-state index in [1.165, 1.54) is 6.07 Å². The number of halogens is 3. The number of nitrogens with one attached hydrogen (secondary N) is 2. The number of amides is 1. The Labute approximate surface area is 94.6 Å². The molecule has 90 valence electrons. The van der Waals surface area contributed by atoms with Crippen LogP contribution in [0, 0.1) is 0 Å². The maximum Gasteiger partial charge on any atom is 0.405 e. The molecule has 0 spiro atoms. The van der Waals surface area contributed by atoms with Crippen LogP contribution in [-0.4, -0.2) is 23.6 Å². The summed E-state index contributed by atoms with van der Waals surface area (Å²) in [5.74, 6) is -0.740. The molecule has 17 heavy (non-hydrogen) atoms. The Bertz CT molecular complexity index is 545. The number of aromatic nitrogens is 1. The normalized spacial score (nSPS) is 11.7. The number of H-pyrrole nitrogens is 1. The second-order valence-electron chi connectivity index (χ2n) is 3.55. The van der Waals surface area contributed by atoms with Crippen LogP contribution in [-0.2, 0) is 0 Å². The SMILES string of the molecule is O=C(NCC(F)(F)F)c1cccc2cc[nH]c12. The lowest BCUT2D eigenvalue weighted by atomic mass is 10.1. The zero-order chi connectivity index (χ0) is 12.5. The van der Waals surface area contributed by atoms with Gasteiger partial charge < -0.3 is 10.3 Å². The van der Waals surface area contributed by atoms with Crippen molar-refractivity contribution in [1.29, 1.82) is 0 Å². The van der Waals surface area contributed by atoms with Crippen molar-refractivity contribution < 1.29 is 18.0 Å². The molecule has 0 saturated carbocycles. The smallest absolute Gasteiger partial charge is 0.361 e. The van der Waals surface area contributed by atoms with Gasteiger partial charge in [0.15, 0.2) is 0 Å². The molecule has 0 aliphatic carbocycles. The molecule has 2 aromatic rings. The maximum atomic E-state index is 12.0. The van der Waals surface area contributed by atoms with Gasteiger partial charge in [-0.2, -0.15) is 13.2 Å². The number of carbonyl (C=O) groups is 1. The van der Waals surface area contributed by atoms with E-state index in [2.05, 4.69) is 4.98 Å². The van der Waals surface area contributed by atoms with E-state index in [-0.39, 0.29) is 5.56 Å². The molecule has 0 aliphatic heterocycles. The third-order valence-electron chi connectivity index (χ3n) is 2.28. The van der Waals surface area contributed by atoms with Crippen LogP contribution in [0.2, 0.25) is 0 Å². The van der Waals surface area contributed by atoms with Gasteiger partial charge in [-0.15, -0.1) is 0 Å². The van der Waals surface area contributed by atoms with Crippen LogP contribution in [0.15, 0.2) is 30.5 Å². The van der Waals surface area contributed by atoms with Gasteiger partial charge in [-0.25, -0.2) is 0 Å². The van der Waals surface area contributed by atoms with E-state index in [0.29, 0.717) is 5.52 Å². The molecule has 0 atom stereocenters. The number of carbonyl (C=O) groups excluding carboxylic acids is 1. The summed E-state index contributed by atoms with van der Waals surface area (Å²) in [4.78, 5) is 14.4. The monoisotopic (exact) mass is 242 g/mol. The highest BCUT2D eigenvalue weighted by atomic mass is 19.4. The third kappa shape index (κ3) is 2.58. The highest BCUT2D eigenvalue weighted by Crippen LogP contribution is 2.17. The number of alkyl halides is 3. The molecular formula is C11H9F3N2O. The summed E-state index contributed by atoms with van der Waals surface area (Å²) in [7, 11) is 0. The van der Waals surface area contributed by atoms with Crippen molar-refractivity contribution in [3.8, 4) is 0 Å². The average Bonchev–Trinajstić information content (AvgIpc) is 2.72. The van der Waals surface area contributed by atoms with Crippen molar-refractivity contribution in [2.75, 3.05) is 6.54 Å². The van der Waals surface area contributed by atoms with Gasteiger partial charge in [0.2, 0.25) is 0 Å². The molecule has 6 heteroatoms. The minimum absolute atomic E-state index is 0.205.